The lowest BCUT2D eigenvalue weighted by Gasteiger charge is -2.05. The molecule has 0 aliphatic heterocycles. The van der Waals surface area contributed by atoms with Crippen LogP contribution in [0.25, 0.3) is 16.7 Å². The predicted molar refractivity (Wildman–Crippen MR) is 87.7 cm³/mol. The molecule has 0 bridgehead atoms. The number of pyridine rings is 1. The van der Waals surface area contributed by atoms with Gasteiger partial charge in [0.2, 0.25) is 0 Å². The second-order valence-electron chi connectivity index (χ2n) is 5.47. The molecule has 0 aliphatic carbocycles. The topological polar surface area (TPSA) is 169 Å². The number of hydrogen-bond acceptors (Lipinski definition) is 6. The average Bonchev–Trinajstić information content (AvgIpc) is 2.98. The van der Waals surface area contributed by atoms with Gasteiger partial charge in [-0.1, -0.05) is 0 Å². The molecule has 132 valence electrons. The van der Waals surface area contributed by atoms with Gasteiger partial charge in [0.25, 0.3) is 5.91 Å². The van der Waals surface area contributed by atoms with Crippen molar-refractivity contribution < 1.29 is 29.7 Å². The highest BCUT2D eigenvalue weighted by atomic mass is 16.4. The molecule has 0 fully saturated rings. The van der Waals surface area contributed by atoms with Gasteiger partial charge in [0.1, 0.15) is 5.75 Å². The lowest BCUT2D eigenvalue weighted by atomic mass is 10.1. The number of carboxylic acid groups (broad SMARTS) is 2. The minimum atomic E-state index is -1.31. The first-order valence-corrected chi connectivity index (χ1v) is 7.20. The number of benzene rings is 1. The number of aryl methyl sites for hydroxylation is 1. The van der Waals surface area contributed by atoms with Crippen LogP contribution >= 0.6 is 0 Å². The van der Waals surface area contributed by atoms with Crippen LogP contribution < -0.4 is 5.73 Å². The van der Waals surface area contributed by atoms with E-state index < -0.39 is 17.8 Å². The molecule has 5 N–H and O–H groups in total. The van der Waals surface area contributed by atoms with E-state index in [0.29, 0.717) is 0 Å². The fourth-order valence-electron chi connectivity index (χ4n) is 2.52. The highest BCUT2D eigenvalue weighted by Crippen LogP contribution is 2.28. The van der Waals surface area contributed by atoms with Crippen LogP contribution in [0.3, 0.4) is 0 Å². The lowest BCUT2D eigenvalue weighted by Crippen LogP contribution is -2.12. The highest BCUT2D eigenvalue weighted by molar-refractivity contribution is 6.07. The molecule has 26 heavy (non-hydrogen) atoms. The van der Waals surface area contributed by atoms with E-state index in [-0.39, 0.29) is 44.9 Å². The third-order valence-corrected chi connectivity index (χ3v) is 3.74. The lowest BCUT2D eigenvalue weighted by molar-refractivity contribution is 0.0696. The second kappa shape index (κ2) is 5.84. The molecule has 10 nitrogen and oxygen atoms in total. The Labute approximate surface area is 145 Å². The van der Waals surface area contributed by atoms with Gasteiger partial charge in [0, 0.05) is 6.20 Å². The van der Waals surface area contributed by atoms with E-state index in [4.69, 9.17) is 15.9 Å². The number of nitrogens with two attached hydrogens (primary N) is 1. The smallest absolute Gasteiger partial charge is 0.335 e. The van der Waals surface area contributed by atoms with Gasteiger partial charge >= 0.3 is 11.9 Å². The number of aromatic nitrogens is 3. The SMILES string of the molecule is Cc1nc2nn(-c3cc(C(=O)O)cc(C(=O)O)c3)cc2c(C(N)=O)c1O. The third-order valence-electron chi connectivity index (χ3n) is 3.74. The predicted octanol–water partition coefficient (Wildman–Crippen LogP) is 0.930. The maximum absolute atomic E-state index is 11.7. The monoisotopic (exact) mass is 356 g/mol. The van der Waals surface area contributed by atoms with Crippen molar-refractivity contribution in [2.45, 2.75) is 6.92 Å². The number of nitrogens with zero attached hydrogens (tertiary/aromatic N) is 3. The Morgan fingerprint density at radius 1 is 1.08 bits per heavy atom. The molecule has 1 aromatic carbocycles. The number of aromatic carboxylic acids is 2. The van der Waals surface area contributed by atoms with Crippen LogP contribution in [0.1, 0.15) is 36.8 Å². The fourth-order valence-corrected chi connectivity index (χ4v) is 2.52. The first-order valence-electron chi connectivity index (χ1n) is 7.20. The number of primary amides is 1. The second-order valence-corrected chi connectivity index (χ2v) is 5.47. The van der Waals surface area contributed by atoms with Crippen LogP contribution in [0, 0.1) is 6.92 Å². The van der Waals surface area contributed by atoms with Crippen LogP contribution in [0.2, 0.25) is 0 Å². The van der Waals surface area contributed by atoms with E-state index in [1.54, 1.807) is 0 Å². The van der Waals surface area contributed by atoms with Gasteiger partial charge in [0.05, 0.1) is 33.5 Å². The van der Waals surface area contributed by atoms with Crippen LogP contribution in [0.15, 0.2) is 24.4 Å². The molecule has 2 heterocycles. The molecular formula is C16H12N4O6. The van der Waals surface area contributed by atoms with E-state index >= 15 is 0 Å². The van der Waals surface area contributed by atoms with Crippen LogP contribution in [0.5, 0.6) is 5.75 Å². The summed E-state index contributed by atoms with van der Waals surface area (Å²) in [7, 11) is 0. The van der Waals surface area contributed by atoms with Gasteiger partial charge in [-0.3, -0.25) is 4.79 Å². The van der Waals surface area contributed by atoms with Gasteiger partial charge in [-0.25, -0.2) is 19.3 Å². The van der Waals surface area contributed by atoms with Gasteiger partial charge in [0.15, 0.2) is 5.65 Å². The highest BCUT2D eigenvalue weighted by Gasteiger charge is 2.20. The number of hydrogen-bond donors (Lipinski definition) is 4. The van der Waals surface area contributed by atoms with E-state index in [2.05, 4.69) is 10.1 Å². The van der Waals surface area contributed by atoms with E-state index in [1.807, 2.05) is 0 Å². The number of carbonyl (C=O) groups is 3. The summed E-state index contributed by atoms with van der Waals surface area (Å²) in [6.45, 7) is 1.47. The van der Waals surface area contributed by atoms with Crippen LogP contribution in [-0.2, 0) is 0 Å². The molecule has 10 heteroatoms. The zero-order valence-electron chi connectivity index (χ0n) is 13.3. The summed E-state index contributed by atoms with van der Waals surface area (Å²) in [6, 6.07) is 3.45. The molecule has 2 aromatic heterocycles. The number of rotatable bonds is 4. The van der Waals surface area contributed by atoms with Gasteiger partial charge < -0.3 is 21.1 Å². The Hall–Kier alpha value is -3.95. The van der Waals surface area contributed by atoms with Crippen molar-refractivity contribution in [3.8, 4) is 11.4 Å². The van der Waals surface area contributed by atoms with E-state index in [0.717, 1.165) is 6.07 Å². The Bertz CT molecular complexity index is 1070. The number of amides is 1. The molecule has 0 unspecified atom stereocenters. The number of carbonyl (C=O) groups excluding carboxylic acids is 1. The Balaban J connectivity index is 2.30. The summed E-state index contributed by atoms with van der Waals surface area (Å²) >= 11 is 0. The Morgan fingerprint density at radius 2 is 1.65 bits per heavy atom. The zero-order chi connectivity index (χ0) is 19.2. The molecule has 0 spiro atoms. The summed E-state index contributed by atoms with van der Waals surface area (Å²) in [5.41, 5.74) is 5.00. The number of fused-ring (bicyclic) bond motifs is 1. The Morgan fingerprint density at radius 3 is 2.15 bits per heavy atom. The summed E-state index contributed by atoms with van der Waals surface area (Å²) in [5, 5.41) is 32.6. The molecule has 0 atom stereocenters. The van der Waals surface area contributed by atoms with Crippen molar-refractivity contribution in [3.05, 3.63) is 46.8 Å². The zero-order valence-corrected chi connectivity index (χ0v) is 13.3. The molecular weight excluding hydrogens is 344 g/mol. The molecule has 0 aliphatic rings. The third kappa shape index (κ3) is 2.69. The van der Waals surface area contributed by atoms with Crippen molar-refractivity contribution in [1.82, 2.24) is 14.8 Å². The summed E-state index contributed by atoms with van der Waals surface area (Å²) in [4.78, 5) is 38.2. The standard InChI is InChI=1S/C16H12N4O6/c1-6-12(21)11(13(17)22)10-5-20(19-14(10)18-6)9-3-7(15(23)24)2-8(4-9)16(25)26/h2-5,21H,1H3,(H2,17,22)(H,23,24)(H,25,26). The van der Waals surface area contributed by atoms with Crippen molar-refractivity contribution in [3.63, 3.8) is 0 Å². The number of carboxylic acids is 2. The van der Waals surface area contributed by atoms with Crippen molar-refractivity contribution in [2.24, 2.45) is 5.73 Å². The van der Waals surface area contributed by atoms with Crippen molar-refractivity contribution in [2.75, 3.05) is 0 Å². The average molecular weight is 356 g/mol. The van der Waals surface area contributed by atoms with Crippen molar-refractivity contribution in [1.29, 1.82) is 0 Å². The molecule has 3 aromatic rings. The van der Waals surface area contributed by atoms with E-state index in [9.17, 15) is 19.5 Å². The maximum Gasteiger partial charge on any atom is 0.335 e. The molecule has 0 saturated carbocycles. The molecule has 3 rings (SSSR count). The summed E-state index contributed by atoms with van der Waals surface area (Å²) in [5.74, 6) is -3.89. The quantitative estimate of drug-likeness (QED) is 0.535. The van der Waals surface area contributed by atoms with E-state index in [1.165, 1.54) is 29.9 Å². The molecule has 0 radical (unpaired) electrons. The minimum Gasteiger partial charge on any atom is -0.505 e. The van der Waals surface area contributed by atoms with Gasteiger partial charge in [-0.15, -0.1) is 5.10 Å². The maximum atomic E-state index is 11.7. The first kappa shape index (κ1) is 16.9. The fraction of sp³-hybridized carbons (Fsp3) is 0.0625. The summed E-state index contributed by atoms with van der Waals surface area (Å²) < 4.78 is 1.17. The minimum absolute atomic E-state index is 0.0895. The summed E-state index contributed by atoms with van der Waals surface area (Å²) in [6.07, 6.45) is 1.31. The van der Waals surface area contributed by atoms with Crippen molar-refractivity contribution >= 4 is 28.9 Å². The normalized spacial score (nSPS) is 10.8. The molecule has 0 saturated heterocycles. The van der Waals surface area contributed by atoms with Gasteiger partial charge in [-0.2, -0.15) is 0 Å². The van der Waals surface area contributed by atoms with Gasteiger partial charge in [-0.05, 0) is 25.1 Å². The van der Waals surface area contributed by atoms with Crippen LogP contribution in [-0.4, -0.2) is 47.9 Å². The number of aromatic hydroxyl groups is 1. The first-order chi connectivity index (χ1) is 12.2. The molecule has 1 amide bonds. The largest absolute Gasteiger partial charge is 0.505 e. The Kier molecular flexibility index (Phi) is 3.80. The van der Waals surface area contributed by atoms with Crippen LogP contribution in [0.4, 0.5) is 0 Å².